The highest BCUT2D eigenvalue weighted by molar-refractivity contribution is 9.10. The average Bonchev–Trinajstić information content (AvgIpc) is 2.53. The number of hydrogen-bond donors (Lipinski definition) is 0. The molecule has 0 aliphatic carbocycles. The molecule has 0 fully saturated rings. The molecule has 1 aromatic carbocycles. The Kier molecular flexibility index (Phi) is 2.38. The first kappa shape index (κ1) is 8.78. The van der Waals surface area contributed by atoms with Crippen molar-refractivity contribution in [1.29, 1.82) is 0 Å². The van der Waals surface area contributed by atoms with Gasteiger partial charge in [-0.2, -0.15) is 0 Å². The zero-order valence-corrected chi connectivity index (χ0v) is 8.96. The summed E-state index contributed by atoms with van der Waals surface area (Å²) in [6, 6.07) is 7.87. The third-order valence-corrected chi connectivity index (χ3v) is 2.51. The minimum atomic E-state index is 0.613. The molecule has 0 aliphatic heterocycles. The van der Waals surface area contributed by atoms with E-state index in [9.17, 15) is 0 Å². The van der Waals surface area contributed by atoms with Gasteiger partial charge >= 0.3 is 0 Å². The molecule has 1 aromatic heterocycles. The lowest BCUT2D eigenvalue weighted by Crippen LogP contribution is -1.90. The van der Waals surface area contributed by atoms with Gasteiger partial charge in [-0.15, -0.1) is 0 Å². The molecule has 0 unspecified atom stereocenters. The molecule has 0 N–H and O–H groups in total. The van der Waals surface area contributed by atoms with Crippen LogP contribution in [0.2, 0.25) is 5.15 Å². The molecule has 0 spiro atoms. The van der Waals surface area contributed by atoms with Crippen LogP contribution in [0.25, 0.3) is 5.69 Å². The van der Waals surface area contributed by atoms with Crippen LogP contribution in [-0.2, 0) is 0 Å². The molecule has 0 amide bonds. The fraction of sp³-hybridized carbons (Fsp3) is 0. The molecule has 0 bridgehead atoms. The summed E-state index contributed by atoms with van der Waals surface area (Å²) in [4.78, 5) is 3.94. The van der Waals surface area contributed by atoms with Gasteiger partial charge in [-0.1, -0.05) is 27.5 Å². The Labute approximate surface area is 89.3 Å². The van der Waals surface area contributed by atoms with E-state index in [1.807, 2.05) is 28.8 Å². The molecule has 2 aromatic rings. The van der Waals surface area contributed by atoms with E-state index in [0.717, 1.165) is 10.2 Å². The molecule has 0 aliphatic rings. The minimum Gasteiger partial charge on any atom is -0.290 e. The maximum absolute atomic E-state index is 5.90. The number of imidazole rings is 1. The lowest BCUT2D eigenvalue weighted by Gasteiger charge is -2.02. The van der Waals surface area contributed by atoms with Gasteiger partial charge in [-0.05, 0) is 24.3 Å². The number of rotatable bonds is 1. The van der Waals surface area contributed by atoms with Gasteiger partial charge in [-0.3, -0.25) is 4.57 Å². The van der Waals surface area contributed by atoms with Gasteiger partial charge in [0.2, 0.25) is 0 Å². The van der Waals surface area contributed by atoms with Crippen LogP contribution >= 0.6 is 27.5 Å². The Hall–Kier alpha value is -0.800. The predicted octanol–water partition coefficient (Wildman–Crippen LogP) is 3.29. The second-order valence-corrected chi connectivity index (χ2v) is 3.87. The van der Waals surface area contributed by atoms with E-state index >= 15 is 0 Å². The monoisotopic (exact) mass is 256 g/mol. The van der Waals surface area contributed by atoms with Gasteiger partial charge in [0, 0.05) is 10.2 Å². The lowest BCUT2D eigenvalue weighted by molar-refractivity contribution is 1.06. The smallest absolute Gasteiger partial charge is 0.133 e. The molecule has 2 rings (SSSR count). The van der Waals surface area contributed by atoms with Crippen molar-refractivity contribution in [3.63, 3.8) is 0 Å². The molecular weight excluding hydrogens is 251 g/mol. The van der Waals surface area contributed by atoms with Crippen molar-refractivity contribution in [3.8, 4) is 5.69 Å². The van der Waals surface area contributed by atoms with Crippen LogP contribution in [0.3, 0.4) is 0 Å². The van der Waals surface area contributed by atoms with Gasteiger partial charge in [0.25, 0.3) is 0 Å². The highest BCUT2D eigenvalue weighted by Gasteiger charge is 2.00. The third kappa shape index (κ3) is 1.76. The van der Waals surface area contributed by atoms with E-state index < -0.39 is 0 Å². The summed E-state index contributed by atoms with van der Waals surface area (Å²) in [6.07, 6.45) is 3.30. The van der Waals surface area contributed by atoms with Crippen LogP contribution in [0.4, 0.5) is 0 Å². The molecule has 1 heterocycles. The van der Waals surface area contributed by atoms with Crippen molar-refractivity contribution in [2.75, 3.05) is 0 Å². The summed E-state index contributed by atoms with van der Waals surface area (Å²) < 4.78 is 2.86. The first-order chi connectivity index (χ1) is 6.27. The number of nitrogens with zero attached hydrogens (tertiary/aromatic N) is 2. The van der Waals surface area contributed by atoms with Gasteiger partial charge in [0.05, 0.1) is 6.20 Å². The van der Waals surface area contributed by atoms with Crippen molar-refractivity contribution in [3.05, 3.63) is 46.4 Å². The Morgan fingerprint density at radius 2 is 1.92 bits per heavy atom. The van der Waals surface area contributed by atoms with Crippen molar-refractivity contribution in [1.82, 2.24) is 9.55 Å². The molecular formula is C9H6BrClN2. The van der Waals surface area contributed by atoms with E-state index in [2.05, 4.69) is 20.9 Å². The van der Waals surface area contributed by atoms with Crippen molar-refractivity contribution < 1.29 is 0 Å². The van der Waals surface area contributed by atoms with Crippen LogP contribution in [-0.4, -0.2) is 9.55 Å². The molecule has 66 valence electrons. The van der Waals surface area contributed by atoms with Gasteiger partial charge < -0.3 is 0 Å². The molecule has 4 heteroatoms. The normalized spacial score (nSPS) is 10.3. The molecule has 0 radical (unpaired) electrons. The summed E-state index contributed by atoms with van der Waals surface area (Å²) in [5.74, 6) is 0. The maximum Gasteiger partial charge on any atom is 0.133 e. The van der Waals surface area contributed by atoms with E-state index in [0.29, 0.717) is 5.15 Å². The third-order valence-electron chi connectivity index (χ3n) is 1.70. The van der Waals surface area contributed by atoms with Crippen molar-refractivity contribution in [2.45, 2.75) is 0 Å². The van der Waals surface area contributed by atoms with Crippen molar-refractivity contribution >= 4 is 27.5 Å². The molecule has 0 atom stereocenters. The quantitative estimate of drug-likeness (QED) is 0.766. The van der Waals surface area contributed by atoms with E-state index in [-0.39, 0.29) is 0 Å². The first-order valence-corrected chi connectivity index (χ1v) is 4.88. The largest absolute Gasteiger partial charge is 0.290 e. The molecule has 2 nitrogen and oxygen atoms in total. The standard InChI is InChI=1S/C9H6BrClN2/c10-7-1-3-8(4-2-7)13-6-12-5-9(13)11/h1-6H. The Morgan fingerprint density at radius 3 is 2.46 bits per heavy atom. The topological polar surface area (TPSA) is 17.8 Å². The van der Waals surface area contributed by atoms with E-state index in [1.165, 1.54) is 0 Å². The van der Waals surface area contributed by atoms with Crippen LogP contribution in [0.1, 0.15) is 0 Å². The second kappa shape index (κ2) is 3.52. The van der Waals surface area contributed by atoms with E-state index in [1.54, 1.807) is 12.5 Å². The molecule has 0 saturated heterocycles. The number of aromatic nitrogens is 2. The lowest BCUT2D eigenvalue weighted by atomic mass is 10.3. The molecule has 0 saturated carbocycles. The van der Waals surface area contributed by atoms with Gasteiger partial charge in [-0.25, -0.2) is 4.98 Å². The highest BCUT2D eigenvalue weighted by Crippen LogP contribution is 2.17. The summed E-state index contributed by atoms with van der Waals surface area (Å²) in [5, 5.41) is 0.613. The zero-order chi connectivity index (χ0) is 9.26. The summed E-state index contributed by atoms with van der Waals surface area (Å²) >= 11 is 9.27. The first-order valence-electron chi connectivity index (χ1n) is 3.71. The number of benzene rings is 1. The highest BCUT2D eigenvalue weighted by atomic mass is 79.9. The minimum absolute atomic E-state index is 0.613. The SMILES string of the molecule is Clc1cncn1-c1ccc(Br)cc1. The van der Waals surface area contributed by atoms with Crippen LogP contribution in [0.15, 0.2) is 41.3 Å². The van der Waals surface area contributed by atoms with Gasteiger partial charge in [0.1, 0.15) is 11.5 Å². The number of hydrogen-bond acceptors (Lipinski definition) is 1. The predicted molar refractivity (Wildman–Crippen MR) is 56.3 cm³/mol. The Balaban J connectivity index is 2.47. The van der Waals surface area contributed by atoms with Crippen LogP contribution in [0.5, 0.6) is 0 Å². The Morgan fingerprint density at radius 1 is 1.23 bits per heavy atom. The fourth-order valence-electron chi connectivity index (χ4n) is 1.07. The second-order valence-electron chi connectivity index (χ2n) is 2.56. The zero-order valence-electron chi connectivity index (χ0n) is 6.61. The maximum atomic E-state index is 5.90. The Bertz CT molecular complexity index is 408. The summed E-state index contributed by atoms with van der Waals surface area (Å²) in [7, 11) is 0. The molecule has 13 heavy (non-hydrogen) atoms. The van der Waals surface area contributed by atoms with Crippen molar-refractivity contribution in [2.24, 2.45) is 0 Å². The van der Waals surface area contributed by atoms with Crippen LogP contribution < -0.4 is 0 Å². The van der Waals surface area contributed by atoms with E-state index in [4.69, 9.17) is 11.6 Å². The van der Waals surface area contributed by atoms with Gasteiger partial charge in [0.15, 0.2) is 0 Å². The summed E-state index contributed by atoms with van der Waals surface area (Å²) in [6.45, 7) is 0. The summed E-state index contributed by atoms with van der Waals surface area (Å²) in [5.41, 5.74) is 1.01. The fourth-order valence-corrected chi connectivity index (χ4v) is 1.53. The average molecular weight is 258 g/mol. The van der Waals surface area contributed by atoms with Crippen LogP contribution in [0, 0.1) is 0 Å². The number of halogens is 2.